The Morgan fingerprint density at radius 1 is 1.12 bits per heavy atom. The second-order valence-electron chi connectivity index (χ2n) is 8.64. The first-order valence-corrected chi connectivity index (χ1v) is 11.1. The molecular formula is C24H27F2N5O2. The van der Waals surface area contributed by atoms with Crippen LogP contribution in [0.2, 0.25) is 0 Å². The van der Waals surface area contributed by atoms with E-state index in [0.717, 1.165) is 0 Å². The third-order valence-corrected chi connectivity index (χ3v) is 6.10. The second-order valence-corrected chi connectivity index (χ2v) is 8.64. The molecule has 1 aromatic carbocycles. The summed E-state index contributed by atoms with van der Waals surface area (Å²) in [6.45, 7) is 6.53. The Morgan fingerprint density at radius 2 is 1.85 bits per heavy atom. The molecule has 4 rings (SSSR count). The number of halogens is 2. The van der Waals surface area contributed by atoms with Crippen molar-refractivity contribution in [2.45, 2.75) is 26.8 Å². The minimum absolute atomic E-state index is 0.00437. The van der Waals surface area contributed by atoms with E-state index in [9.17, 15) is 14.0 Å². The number of aliphatic imine (C=N–C) groups is 1. The van der Waals surface area contributed by atoms with Crippen LogP contribution in [0.5, 0.6) is 0 Å². The lowest BCUT2D eigenvalue weighted by molar-refractivity contribution is -0.112. The van der Waals surface area contributed by atoms with Gasteiger partial charge in [-0.15, -0.1) is 0 Å². The van der Waals surface area contributed by atoms with Gasteiger partial charge < -0.3 is 10.2 Å². The second kappa shape index (κ2) is 9.35. The van der Waals surface area contributed by atoms with Gasteiger partial charge >= 0.3 is 0 Å². The van der Waals surface area contributed by atoms with Crippen LogP contribution in [0.1, 0.15) is 35.5 Å². The number of hydrogen-bond donors (Lipinski definition) is 1. The number of anilines is 1. The summed E-state index contributed by atoms with van der Waals surface area (Å²) in [7, 11) is 1.47. The standard InChI is InChI=1S/C24H27F2N5O2/c1-14(2)22-20(32)12-16-17(28-22)5-4-15(21(16)25)13-30-8-10-31(11-9-30)19-7-6-18(24(33)27-3)29-23(19)26/h4-7,14H,8-13H2,1-3H3,(H,27,33). The number of amides is 1. The van der Waals surface area contributed by atoms with Crippen molar-refractivity contribution in [3.8, 4) is 0 Å². The average Bonchev–Trinajstić information content (AvgIpc) is 2.81. The molecule has 9 heteroatoms. The molecule has 1 fully saturated rings. The number of aromatic nitrogens is 1. The number of benzene rings is 1. The number of nitrogens with one attached hydrogen (secondary N) is 1. The lowest BCUT2D eigenvalue weighted by Gasteiger charge is -2.36. The average molecular weight is 456 g/mol. The summed E-state index contributed by atoms with van der Waals surface area (Å²) in [6, 6.07) is 6.59. The van der Waals surface area contributed by atoms with E-state index < -0.39 is 11.9 Å². The largest absolute Gasteiger partial charge is 0.365 e. The van der Waals surface area contributed by atoms with Crippen molar-refractivity contribution in [2.24, 2.45) is 10.9 Å². The van der Waals surface area contributed by atoms with Crippen molar-refractivity contribution in [1.29, 1.82) is 0 Å². The molecule has 1 aromatic heterocycles. The normalized spacial score (nSPS) is 16.6. The van der Waals surface area contributed by atoms with Crippen LogP contribution >= 0.6 is 0 Å². The van der Waals surface area contributed by atoms with Gasteiger partial charge in [0, 0.05) is 57.3 Å². The molecule has 174 valence electrons. The first-order chi connectivity index (χ1) is 15.8. The number of fused-ring (bicyclic) bond motifs is 1. The molecule has 1 N–H and O–H groups in total. The molecular weight excluding hydrogens is 428 g/mol. The van der Waals surface area contributed by atoms with Crippen molar-refractivity contribution in [3.05, 3.63) is 52.9 Å². The van der Waals surface area contributed by atoms with Crippen LogP contribution in [0.25, 0.3) is 0 Å². The van der Waals surface area contributed by atoms with Crippen molar-refractivity contribution in [3.63, 3.8) is 0 Å². The summed E-state index contributed by atoms with van der Waals surface area (Å²) < 4.78 is 29.7. The van der Waals surface area contributed by atoms with Gasteiger partial charge in [0.15, 0.2) is 5.78 Å². The van der Waals surface area contributed by atoms with Gasteiger partial charge in [-0.1, -0.05) is 19.9 Å². The maximum atomic E-state index is 15.2. The summed E-state index contributed by atoms with van der Waals surface area (Å²) in [6.07, 6.45) is 0.0398. The zero-order chi connectivity index (χ0) is 23.7. The summed E-state index contributed by atoms with van der Waals surface area (Å²) in [5.74, 6) is -1.61. The fourth-order valence-electron chi connectivity index (χ4n) is 4.25. The number of ketones is 1. The van der Waals surface area contributed by atoms with E-state index in [1.165, 1.54) is 13.1 Å². The molecule has 0 unspecified atom stereocenters. The predicted octanol–water partition coefficient (Wildman–Crippen LogP) is 2.90. The Bertz CT molecular complexity index is 1120. The number of nitrogens with zero attached hydrogens (tertiary/aromatic N) is 4. The highest BCUT2D eigenvalue weighted by Crippen LogP contribution is 2.31. The van der Waals surface area contributed by atoms with Crippen LogP contribution in [-0.4, -0.2) is 60.5 Å². The molecule has 0 radical (unpaired) electrons. The van der Waals surface area contributed by atoms with E-state index in [4.69, 9.17) is 0 Å². The number of piperazine rings is 1. The third-order valence-electron chi connectivity index (χ3n) is 6.10. The quantitative estimate of drug-likeness (QED) is 0.702. The van der Waals surface area contributed by atoms with Gasteiger partial charge in [-0.05, 0) is 24.1 Å². The van der Waals surface area contributed by atoms with E-state index in [1.807, 2.05) is 18.7 Å². The van der Waals surface area contributed by atoms with Crippen LogP contribution in [0.3, 0.4) is 0 Å². The third kappa shape index (κ3) is 4.64. The van der Waals surface area contributed by atoms with Crippen LogP contribution in [0, 0.1) is 17.7 Å². The van der Waals surface area contributed by atoms with Crippen LogP contribution in [-0.2, 0) is 17.8 Å². The monoisotopic (exact) mass is 455 g/mol. The maximum absolute atomic E-state index is 15.2. The highest BCUT2D eigenvalue weighted by Gasteiger charge is 2.27. The molecule has 7 nitrogen and oxygen atoms in total. The number of pyridine rings is 1. The Morgan fingerprint density at radius 3 is 2.48 bits per heavy atom. The maximum Gasteiger partial charge on any atom is 0.269 e. The molecule has 33 heavy (non-hydrogen) atoms. The smallest absolute Gasteiger partial charge is 0.269 e. The topological polar surface area (TPSA) is 77.9 Å². The highest BCUT2D eigenvalue weighted by atomic mass is 19.1. The molecule has 3 heterocycles. The molecule has 0 saturated carbocycles. The van der Waals surface area contributed by atoms with Crippen LogP contribution < -0.4 is 10.2 Å². The fraction of sp³-hybridized carbons (Fsp3) is 0.417. The minimum Gasteiger partial charge on any atom is -0.365 e. The summed E-state index contributed by atoms with van der Waals surface area (Å²) in [4.78, 5) is 36.1. The molecule has 2 aromatic rings. The number of carbonyl (C=O) groups excluding carboxylic acids is 2. The molecule has 2 aliphatic rings. The van der Waals surface area contributed by atoms with Crippen molar-refractivity contribution in [2.75, 3.05) is 38.1 Å². The molecule has 1 amide bonds. The van der Waals surface area contributed by atoms with Gasteiger partial charge in [0.25, 0.3) is 5.91 Å². The highest BCUT2D eigenvalue weighted by molar-refractivity contribution is 6.42. The minimum atomic E-state index is -0.684. The zero-order valence-corrected chi connectivity index (χ0v) is 19.0. The van der Waals surface area contributed by atoms with E-state index in [0.29, 0.717) is 60.9 Å². The lowest BCUT2D eigenvalue weighted by atomic mass is 9.93. The van der Waals surface area contributed by atoms with Gasteiger partial charge in [-0.2, -0.15) is 4.39 Å². The number of carbonyl (C=O) groups is 2. The van der Waals surface area contributed by atoms with E-state index in [1.54, 1.807) is 18.2 Å². The summed E-state index contributed by atoms with van der Waals surface area (Å²) in [5, 5.41) is 2.42. The molecule has 1 saturated heterocycles. The van der Waals surface area contributed by atoms with Gasteiger partial charge in [-0.25, -0.2) is 14.4 Å². The van der Waals surface area contributed by atoms with E-state index >= 15 is 4.39 Å². The molecule has 0 atom stereocenters. The molecule has 0 spiro atoms. The van der Waals surface area contributed by atoms with Gasteiger partial charge in [0.2, 0.25) is 5.95 Å². The van der Waals surface area contributed by atoms with Gasteiger partial charge in [0.1, 0.15) is 11.5 Å². The van der Waals surface area contributed by atoms with Crippen LogP contribution in [0.15, 0.2) is 29.3 Å². The fourth-order valence-corrected chi connectivity index (χ4v) is 4.25. The van der Waals surface area contributed by atoms with E-state index in [-0.39, 0.29) is 29.6 Å². The SMILES string of the molecule is CNC(=O)c1ccc(N2CCN(Cc3ccc4c(c3F)CC(=O)C(C(C)C)=N4)CC2)c(F)n1. The van der Waals surface area contributed by atoms with Crippen molar-refractivity contribution in [1.82, 2.24) is 15.2 Å². The first-order valence-electron chi connectivity index (χ1n) is 11.1. The molecule has 2 aliphatic heterocycles. The number of rotatable bonds is 5. The Hall–Kier alpha value is -3.20. The number of Topliss-reactive ketones (excluding diaryl/α,β-unsaturated/α-hetero) is 1. The Labute approximate surface area is 191 Å². The van der Waals surface area contributed by atoms with Gasteiger partial charge in [0.05, 0.1) is 17.1 Å². The van der Waals surface area contributed by atoms with Crippen LogP contribution in [0.4, 0.5) is 20.2 Å². The Kier molecular flexibility index (Phi) is 6.51. The zero-order valence-electron chi connectivity index (χ0n) is 19.0. The lowest BCUT2D eigenvalue weighted by Crippen LogP contribution is -2.46. The molecule has 0 aliphatic carbocycles. The first kappa shape index (κ1) is 23.0. The predicted molar refractivity (Wildman–Crippen MR) is 122 cm³/mol. The summed E-state index contributed by atoms with van der Waals surface area (Å²) in [5.41, 5.74) is 2.30. The van der Waals surface area contributed by atoms with Crippen molar-refractivity contribution < 1.29 is 18.4 Å². The van der Waals surface area contributed by atoms with Gasteiger partial charge in [-0.3, -0.25) is 14.5 Å². The van der Waals surface area contributed by atoms with Crippen molar-refractivity contribution >= 4 is 28.8 Å². The summed E-state index contributed by atoms with van der Waals surface area (Å²) >= 11 is 0. The molecule has 0 bridgehead atoms. The number of hydrogen-bond acceptors (Lipinski definition) is 6. The van der Waals surface area contributed by atoms with E-state index in [2.05, 4.69) is 20.2 Å². The Balaban J connectivity index is 1.43.